The molecule has 1 N–H and O–H groups in total. The molecular formula is C27H34N4O3S. The van der Waals surface area contributed by atoms with E-state index in [0.29, 0.717) is 47.4 Å². The van der Waals surface area contributed by atoms with Gasteiger partial charge < -0.3 is 5.32 Å². The maximum Gasteiger partial charge on any atom is 0.255 e. The van der Waals surface area contributed by atoms with Gasteiger partial charge in [0.1, 0.15) is 4.90 Å². The number of carbonyl (C=O) groups is 1. The van der Waals surface area contributed by atoms with Crippen LogP contribution >= 0.6 is 0 Å². The van der Waals surface area contributed by atoms with Gasteiger partial charge in [0.15, 0.2) is 0 Å². The van der Waals surface area contributed by atoms with Crippen LogP contribution in [0.15, 0.2) is 53.4 Å². The fourth-order valence-corrected chi connectivity index (χ4v) is 6.45. The second kappa shape index (κ2) is 10.3. The van der Waals surface area contributed by atoms with Gasteiger partial charge >= 0.3 is 0 Å². The number of amides is 1. The predicted molar refractivity (Wildman–Crippen MR) is 138 cm³/mol. The molecule has 0 unspecified atom stereocenters. The number of aromatic nitrogens is 2. The summed E-state index contributed by atoms with van der Waals surface area (Å²) < 4.78 is 29.8. The summed E-state index contributed by atoms with van der Waals surface area (Å²) in [5, 5.41) is 7.50. The summed E-state index contributed by atoms with van der Waals surface area (Å²) in [4.78, 5) is 13.0. The smallest absolute Gasteiger partial charge is 0.255 e. The number of carbonyl (C=O) groups excluding carboxylic acids is 1. The van der Waals surface area contributed by atoms with Crippen molar-refractivity contribution in [2.24, 2.45) is 0 Å². The Morgan fingerprint density at radius 1 is 1.03 bits per heavy atom. The molecule has 0 saturated carbocycles. The SMILES string of the molecule is Cc1nn(Cc2ccc(C(=O)Nc3cccc(C(C)C)c3)cc2)c(C)c1S(=O)(=O)N1CCCCC1. The van der Waals surface area contributed by atoms with Crippen LogP contribution in [0, 0.1) is 13.8 Å². The van der Waals surface area contributed by atoms with Gasteiger partial charge in [-0.25, -0.2) is 8.42 Å². The highest BCUT2D eigenvalue weighted by molar-refractivity contribution is 7.89. The monoisotopic (exact) mass is 494 g/mol. The van der Waals surface area contributed by atoms with Crippen LogP contribution in [0.1, 0.15) is 71.9 Å². The number of rotatable bonds is 7. The number of aryl methyl sites for hydroxylation is 1. The lowest BCUT2D eigenvalue weighted by atomic mass is 10.0. The number of benzene rings is 2. The van der Waals surface area contributed by atoms with Gasteiger partial charge in [-0.3, -0.25) is 9.48 Å². The molecular weight excluding hydrogens is 460 g/mol. The number of anilines is 1. The topological polar surface area (TPSA) is 84.3 Å². The molecule has 0 aliphatic carbocycles. The van der Waals surface area contributed by atoms with Crippen molar-refractivity contribution < 1.29 is 13.2 Å². The van der Waals surface area contributed by atoms with Gasteiger partial charge in [0, 0.05) is 24.3 Å². The average molecular weight is 495 g/mol. The van der Waals surface area contributed by atoms with Crippen LogP contribution in [-0.4, -0.2) is 41.5 Å². The van der Waals surface area contributed by atoms with Crippen molar-refractivity contribution >= 4 is 21.6 Å². The van der Waals surface area contributed by atoms with Crippen LogP contribution in [0.2, 0.25) is 0 Å². The lowest BCUT2D eigenvalue weighted by Crippen LogP contribution is -2.36. The van der Waals surface area contributed by atoms with E-state index in [9.17, 15) is 13.2 Å². The minimum absolute atomic E-state index is 0.168. The zero-order valence-electron chi connectivity index (χ0n) is 20.9. The molecule has 3 aromatic rings. The zero-order chi connectivity index (χ0) is 25.2. The zero-order valence-corrected chi connectivity index (χ0v) is 21.7. The van der Waals surface area contributed by atoms with Crippen LogP contribution in [0.3, 0.4) is 0 Å². The van der Waals surface area contributed by atoms with Crippen molar-refractivity contribution in [2.75, 3.05) is 18.4 Å². The van der Waals surface area contributed by atoms with Gasteiger partial charge in [0.2, 0.25) is 10.0 Å². The van der Waals surface area contributed by atoms with Gasteiger partial charge in [-0.15, -0.1) is 0 Å². The number of hydrogen-bond acceptors (Lipinski definition) is 4. The molecule has 1 aliphatic rings. The van der Waals surface area contributed by atoms with E-state index in [1.807, 2.05) is 37.3 Å². The van der Waals surface area contributed by atoms with Crippen LogP contribution in [0.5, 0.6) is 0 Å². The molecule has 1 aliphatic heterocycles. The highest BCUT2D eigenvalue weighted by Crippen LogP contribution is 2.26. The summed E-state index contributed by atoms with van der Waals surface area (Å²) >= 11 is 0. The Kier molecular flexibility index (Phi) is 7.42. The third-order valence-electron chi connectivity index (χ3n) is 6.59. The third-order valence-corrected chi connectivity index (χ3v) is 8.74. The first-order valence-electron chi connectivity index (χ1n) is 12.2. The number of nitrogens with one attached hydrogen (secondary N) is 1. The summed E-state index contributed by atoms with van der Waals surface area (Å²) in [6, 6.07) is 15.2. The standard InChI is InChI=1S/C27H34N4O3S/c1-19(2)24-9-8-10-25(17-24)28-27(32)23-13-11-22(12-14-23)18-31-21(4)26(20(3)29-31)35(33,34)30-15-6-5-7-16-30/h8-14,17,19H,5-7,15-16,18H2,1-4H3,(H,28,32). The molecule has 1 fully saturated rings. The van der Waals surface area contributed by atoms with Gasteiger partial charge in [-0.1, -0.05) is 44.5 Å². The first kappa shape index (κ1) is 25.1. The molecule has 2 heterocycles. The molecule has 35 heavy (non-hydrogen) atoms. The quantitative estimate of drug-likeness (QED) is 0.495. The maximum absolute atomic E-state index is 13.3. The third kappa shape index (κ3) is 5.49. The van der Waals surface area contributed by atoms with Crippen LogP contribution in [0.4, 0.5) is 5.69 Å². The second-order valence-electron chi connectivity index (χ2n) is 9.55. The molecule has 0 spiro atoms. The first-order chi connectivity index (χ1) is 16.7. The molecule has 4 rings (SSSR count). The largest absolute Gasteiger partial charge is 0.322 e. The molecule has 2 aromatic carbocycles. The van der Waals surface area contributed by atoms with Gasteiger partial charge in [0.25, 0.3) is 5.91 Å². The second-order valence-corrected chi connectivity index (χ2v) is 11.4. The van der Waals surface area contributed by atoms with Crippen LogP contribution in [-0.2, 0) is 16.6 Å². The highest BCUT2D eigenvalue weighted by Gasteiger charge is 2.31. The van der Waals surface area contributed by atoms with Crippen molar-refractivity contribution in [3.8, 4) is 0 Å². The van der Waals surface area contributed by atoms with E-state index in [2.05, 4.69) is 30.3 Å². The summed E-state index contributed by atoms with van der Waals surface area (Å²) in [7, 11) is -3.55. The fraction of sp³-hybridized carbons (Fsp3) is 0.407. The fourth-order valence-electron chi connectivity index (χ4n) is 4.56. The lowest BCUT2D eigenvalue weighted by Gasteiger charge is -2.26. The minimum Gasteiger partial charge on any atom is -0.322 e. The lowest BCUT2D eigenvalue weighted by molar-refractivity contribution is 0.102. The van der Waals surface area contributed by atoms with Crippen molar-refractivity contribution in [1.29, 1.82) is 0 Å². The Labute approximate surface area is 208 Å². The van der Waals surface area contributed by atoms with Crippen molar-refractivity contribution in [3.05, 3.63) is 76.6 Å². The minimum atomic E-state index is -3.55. The Hall–Kier alpha value is -2.97. The molecule has 7 nitrogen and oxygen atoms in total. The number of piperidine rings is 1. The molecule has 1 saturated heterocycles. The maximum atomic E-state index is 13.3. The highest BCUT2D eigenvalue weighted by atomic mass is 32.2. The van der Waals surface area contributed by atoms with Crippen molar-refractivity contribution in [3.63, 3.8) is 0 Å². The van der Waals surface area contributed by atoms with Crippen LogP contribution in [0.25, 0.3) is 0 Å². The molecule has 0 bridgehead atoms. The van der Waals surface area contributed by atoms with E-state index in [-0.39, 0.29) is 5.91 Å². The number of hydrogen-bond donors (Lipinski definition) is 1. The number of sulfonamides is 1. The summed E-state index contributed by atoms with van der Waals surface area (Å²) in [6.07, 6.45) is 2.87. The van der Waals surface area contributed by atoms with Gasteiger partial charge in [-0.2, -0.15) is 9.40 Å². The normalized spacial score (nSPS) is 14.9. The van der Waals surface area contributed by atoms with Crippen LogP contribution < -0.4 is 5.32 Å². The Morgan fingerprint density at radius 2 is 1.71 bits per heavy atom. The van der Waals surface area contributed by atoms with E-state index >= 15 is 0 Å². The molecule has 0 radical (unpaired) electrons. The Balaban J connectivity index is 1.48. The molecule has 0 atom stereocenters. The average Bonchev–Trinajstić information content (AvgIpc) is 3.13. The summed E-state index contributed by atoms with van der Waals surface area (Å²) in [5.41, 5.74) is 4.61. The van der Waals surface area contributed by atoms with Gasteiger partial charge in [0.05, 0.1) is 17.9 Å². The van der Waals surface area contributed by atoms with Gasteiger partial charge in [-0.05, 0) is 68.0 Å². The van der Waals surface area contributed by atoms with Crippen molar-refractivity contribution in [2.45, 2.75) is 64.3 Å². The van der Waals surface area contributed by atoms with E-state index in [1.54, 1.807) is 28.0 Å². The predicted octanol–water partition coefficient (Wildman–Crippen LogP) is 5.10. The molecule has 1 amide bonds. The van der Waals surface area contributed by atoms with Crippen molar-refractivity contribution in [1.82, 2.24) is 14.1 Å². The molecule has 1 aromatic heterocycles. The molecule has 8 heteroatoms. The number of nitrogens with zero attached hydrogens (tertiary/aromatic N) is 3. The molecule has 186 valence electrons. The van der Waals surface area contributed by atoms with E-state index in [1.165, 1.54) is 5.56 Å². The van der Waals surface area contributed by atoms with E-state index in [0.717, 1.165) is 30.5 Å². The Morgan fingerprint density at radius 3 is 2.37 bits per heavy atom. The summed E-state index contributed by atoms with van der Waals surface area (Å²) in [6.45, 7) is 9.37. The summed E-state index contributed by atoms with van der Waals surface area (Å²) in [5.74, 6) is 0.217. The Bertz CT molecular complexity index is 1300. The van der Waals surface area contributed by atoms with E-state index in [4.69, 9.17) is 0 Å². The van der Waals surface area contributed by atoms with E-state index < -0.39 is 10.0 Å². The first-order valence-corrected chi connectivity index (χ1v) is 13.6.